The average molecular weight is 268 g/mol. The lowest BCUT2D eigenvalue weighted by atomic mass is 10.1. The molecule has 0 aromatic carbocycles. The molecule has 0 saturated heterocycles. The third-order valence-corrected chi connectivity index (χ3v) is 2.53. The molecule has 1 aliphatic heterocycles. The van der Waals surface area contributed by atoms with Crippen molar-refractivity contribution >= 4 is 18.2 Å². The summed E-state index contributed by atoms with van der Waals surface area (Å²) in [6.45, 7) is 1.84. The van der Waals surface area contributed by atoms with E-state index in [1.165, 1.54) is 19.2 Å². The zero-order valence-corrected chi connectivity index (χ0v) is 10.4. The van der Waals surface area contributed by atoms with E-state index in [0.29, 0.717) is 13.0 Å². The maximum absolute atomic E-state index is 10.8. The Morgan fingerprint density at radius 2 is 2.16 bits per heavy atom. The van der Waals surface area contributed by atoms with Gasteiger partial charge in [0, 0.05) is 12.8 Å². The summed E-state index contributed by atoms with van der Waals surface area (Å²) in [5.74, 6) is -2.26. The van der Waals surface area contributed by atoms with E-state index < -0.39 is 24.1 Å². The predicted octanol–water partition coefficient (Wildman–Crippen LogP) is -0.221. The Bertz CT molecular complexity index is 451. The van der Waals surface area contributed by atoms with Crippen molar-refractivity contribution in [3.8, 4) is 0 Å². The number of hydrogen-bond donors (Lipinski definition) is 4. The third kappa shape index (κ3) is 4.55. The Morgan fingerprint density at radius 1 is 1.47 bits per heavy atom. The molecule has 0 fully saturated rings. The molecule has 0 radical (unpaired) electrons. The van der Waals surface area contributed by atoms with Gasteiger partial charge in [-0.05, 0) is 31.1 Å². The summed E-state index contributed by atoms with van der Waals surface area (Å²) in [6, 6.07) is -1.22. The van der Waals surface area contributed by atoms with Crippen molar-refractivity contribution in [3.63, 3.8) is 0 Å². The molecule has 104 valence electrons. The van der Waals surface area contributed by atoms with E-state index in [-0.39, 0.29) is 5.70 Å². The van der Waals surface area contributed by atoms with Crippen molar-refractivity contribution in [2.45, 2.75) is 25.5 Å². The Hall–Kier alpha value is -2.15. The Morgan fingerprint density at radius 3 is 2.68 bits per heavy atom. The number of aliphatic carboxylic acids is 2. The van der Waals surface area contributed by atoms with E-state index >= 15 is 0 Å². The smallest absolute Gasteiger partial charge is 0.351 e. The number of nitrogens with one attached hydrogen (secondary N) is 1. The zero-order chi connectivity index (χ0) is 14.4. The molecule has 0 spiro atoms. The topological polar surface area (TPSA) is 119 Å². The van der Waals surface area contributed by atoms with Crippen LogP contribution in [0.25, 0.3) is 0 Å². The molecule has 0 aromatic rings. The summed E-state index contributed by atoms with van der Waals surface area (Å²) >= 11 is 0. The van der Waals surface area contributed by atoms with Crippen LogP contribution in [0.15, 0.2) is 28.4 Å². The number of rotatable bonds is 5. The minimum absolute atomic E-state index is 0.0937. The van der Waals surface area contributed by atoms with Gasteiger partial charge in [-0.15, -0.1) is 0 Å². The molecule has 7 heteroatoms. The fourth-order valence-corrected chi connectivity index (χ4v) is 1.55. The average Bonchev–Trinajstić information content (AvgIpc) is 2.34. The number of carboxylic acid groups (broad SMARTS) is 2. The van der Waals surface area contributed by atoms with Crippen LogP contribution in [0, 0.1) is 0 Å². The number of nitrogens with zero attached hydrogens (tertiary/aromatic N) is 1. The maximum Gasteiger partial charge on any atom is 0.351 e. The second kappa shape index (κ2) is 6.69. The van der Waals surface area contributed by atoms with E-state index in [2.05, 4.69) is 10.3 Å². The second-order valence-corrected chi connectivity index (χ2v) is 4.10. The van der Waals surface area contributed by atoms with Crippen LogP contribution in [-0.4, -0.2) is 52.2 Å². The molecule has 0 amide bonds. The van der Waals surface area contributed by atoms with Crippen LogP contribution in [0.1, 0.15) is 13.3 Å². The van der Waals surface area contributed by atoms with Gasteiger partial charge in [-0.3, -0.25) is 4.99 Å². The number of carbonyl (C=O) groups is 2. The molecule has 2 atom stereocenters. The van der Waals surface area contributed by atoms with E-state index in [0.717, 1.165) is 5.57 Å². The van der Waals surface area contributed by atoms with Crippen molar-refractivity contribution in [3.05, 3.63) is 23.4 Å². The highest BCUT2D eigenvalue weighted by atomic mass is 16.4. The first-order valence-electron chi connectivity index (χ1n) is 5.74. The SMILES string of the molecule is CC(O)C(N=CC=C1C=C(C(=O)O)NCC1)C(=O)O. The van der Waals surface area contributed by atoms with Crippen molar-refractivity contribution in [1.82, 2.24) is 5.32 Å². The van der Waals surface area contributed by atoms with Gasteiger partial charge in [0.15, 0.2) is 6.04 Å². The number of aliphatic hydroxyl groups excluding tert-OH is 1. The molecule has 1 rings (SSSR count). The van der Waals surface area contributed by atoms with Gasteiger partial charge in [-0.2, -0.15) is 0 Å². The second-order valence-electron chi connectivity index (χ2n) is 4.10. The Kier molecular flexibility index (Phi) is 5.25. The first-order valence-corrected chi connectivity index (χ1v) is 5.74. The summed E-state index contributed by atoms with van der Waals surface area (Å²) in [4.78, 5) is 25.3. The summed E-state index contributed by atoms with van der Waals surface area (Å²) in [6.07, 6.45) is 3.82. The highest BCUT2D eigenvalue weighted by Crippen LogP contribution is 2.10. The molecule has 0 aromatic heterocycles. The molecule has 0 bridgehead atoms. The van der Waals surface area contributed by atoms with Crippen LogP contribution in [-0.2, 0) is 9.59 Å². The molecular formula is C12H16N2O5. The number of aliphatic hydroxyl groups is 1. The summed E-state index contributed by atoms with van der Waals surface area (Å²) in [5, 5.41) is 29.6. The molecule has 19 heavy (non-hydrogen) atoms. The Labute approximate surface area is 110 Å². The first kappa shape index (κ1) is 14.9. The largest absolute Gasteiger partial charge is 0.480 e. The fourth-order valence-electron chi connectivity index (χ4n) is 1.55. The van der Waals surface area contributed by atoms with Gasteiger partial charge >= 0.3 is 11.9 Å². The number of aliphatic imine (C=N–C) groups is 1. The lowest BCUT2D eigenvalue weighted by molar-refractivity contribution is -0.140. The van der Waals surface area contributed by atoms with Crippen LogP contribution >= 0.6 is 0 Å². The van der Waals surface area contributed by atoms with E-state index in [1.54, 1.807) is 6.08 Å². The molecule has 1 aliphatic rings. The van der Waals surface area contributed by atoms with Crippen molar-refractivity contribution in [2.75, 3.05) is 6.54 Å². The van der Waals surface area contributed by atoms with Crippen LogP contribution < -0.4 is 5.32 Å². The van der Waals surface area contributed by atoms with Crippen LogP contribution in [0.3, 0.4) is 0 Å². The molecule has 2 unspecified atom stereocenters. The molecule has 7 nitrogen and oxygen atoms in total. The standard InChI is InChI=1S/C12H16N2O5/c1-7(15)10(12(18)19)14-5-3-8-2-4-13-9(6-8)11(16)17/h3,5-7,10,13,15H,2,4H2,1H3,(H,16,17)(H,18,19). The van der Waals surface area contributed by atoms with Gasteiger partial charge in [0.2, 0.25) is 0 Å². The van der Waals surface area contributed by atoms with Crippen molar-refractivity contribution in [1.29, 1.82) is 0 Å². The zero-order valence-electron chi connectivity index (χ0n) is 10.4. The lowest BCUT2D eigenvalue weighted by Gasteiger charge is -2.14. The molecule has 0 saturated carbocycles. The minimum atomic E-state index is -1.22. The van der Waals surface area contributed by atoms with E-state index in [1.807, 2.05) is 0 Å². The predicted molar refractivity (Wildman–Crippen MR) is 68.0 cm³/mol. The Balaban J connectivity index is 2.78. The van der Waals surface area contributed by atoms with Gasteiger partial charge in [0.25, 0.3) is 0 Å². The highest BCUT2D eigenvalue weighted by molar-refractivity contribution is 5.87. The number of hydrogen-bond acceptors (Lipinski definition) is 5. The van der Waals surface area contributed by atoms with Gasteiger partial charge < -0.3 is 20.6 Å². The van der Waals surface area contributed by atoms with Gasteiger partial charge in [0.05, 0.1) is 6.10 Å². The highest BCUT2D eigenvalue weighted by Gasteiger charge is 2.20. The number of allylic oxidation sites excluding steroid dienone is 2. The van der Waals surface area contributed by atoms with E-state index in [4.69, 9.17) is 10.2 Å². The number of carboxylic acids is 2. The van der Waals surface area contributed by atoms with Gasteiger partial charge in [-0.25, -0.2) is 9.59 Å². The van der Waals surface area contributed by atoms with Crippen molar-refractivity contribution < 1.29 is 24.9 Å². The first-order chi connectivity index (χ1) is 8.91. The van der Waals surface area contributed by atoms with Crippen LogP contribution in [0.5, 0.6) is 0 Å². The quantitative estimate of drug-likeness (QED) is 0.512. The van der Waals surface area contributed by atoms with Gasteiger partial charge in [-0.1, -0.05) is 0 Å². The normalized spacial score (nSPS) is 20.7. The summed E-state index contributed by atoms with van der Waals surface area (Å²) < 4.78 is 0. The third-order valence-electron chi connectivity index (χ3n) is 2.53. The van der Waals surface area contributed by atoms with Crippen LogP contribution in [0.2, 0.25) is 0 Å². The fraction of sp³-hybridized carbons (Fsp3) is 0.417. The van der Waals surface area contributed by atoms with Crippen LogP contribution in [0.4, 0.5) is 0 Å². The molecule has 0 aliphatic carbocycles. The summed E-state index contributed by atoms with van der Waals surface area (Å²) in [7, 11) is 0. The minimum Gasteiger partial charge on any atom is -0.480 e. The molecule has 1 heterocycles. The monoisotopic (exact) mass is 268 g/mol. The molecule has 4 N–H and O–H groups in total. The van der Waals surface area contributed by atoms with Crippen molar-refractivity contribution in [2.24, 2.45) is 4.99 Å². The summed E-state index contributed by atoms with van der Waals surface area (Å²) in [5.41, 5.74) is 0.825. The maximum atomic E-state index is 10.8. The lowest BCUT2D eigenvalue weighted by Crippen LogP contribution is -2.29. The molecular weight excluding hydrogens is 252 g/mol. The van der Waals surface area contributed by atoms with Gasteiger partial charge in [0.1, 0.15) is 5.70 Å². The van der Waals surface area contributed by atoms with E-state index in [9.17, 15) is 14.7 Å².